The number of carbonyl (C=O) groups excluding carboxylic acids is 1. The van der Waals surface area contributed by atoms with E-state index in [-0.39, 0.29) is 11.6 Å². The van der Waals surface area contributed by atoms with Crippen molar-refractivity contribution < 1.29 is 9.72 Å². The van der Waals surface area contributed by atoms with Crippen LogP contribution in [0.3, 0.4) is 0 Å². The molecule has 1 heterocycles. The minimum atomic E-state index is -0.456. The summed E-state index contributed by atoms with van der Waals surface area (Å²) in [4.78, 5) is 27.2. The second-order valence-electron chi connectivity index (χ2n) is 5.84. The minimum absolute atomic E-state index is 0.0104. The maximum atomic E-state index is 12.2. The van der Waals surface area contributed by atoms with Crippen molar-refractivity contribution in [3.8, 4) is 0 Å². The highest BCUT2D eigenvalue weighted by Crippen LogP contribution is 2.19. The van der Waals surface area contributed by atoms with E-state index in [1.807, 2.05) is 35.9 Å². The Hall–Kier alpha value is -3.22. The van der Waals surface area contributed by atoms with E-state index in [1.165, 1.54) is 18.2 Å². The fourth-order valence-corrected chi connectivity index (χ4v) is 2.81. The molecule has 0 fully saturated rings. The molecule has 2 aromatic carbocycles. The van der Waals surface area contributed by atoms with E-state index in [0.717, 1.165) is 16.9 Å². The molecular weight excluding hydrogens is 320 g/mol. The third-order valence-electron chi connectivity index (χ3n) is 4.17. The van der Waals surface area contributed by atoms with Gasteiger partial charge >= 0.3 is 0 Å². The number of nitrogens with zero attached hydrogens (tertiary/aromatic N) is 3. The average Bonchev–Trinajstić information content (AvgIpc) is 2.91. The van der Waals surface area contributed by atoms with Crippen LogP contribution >= 0.6 is 0 Å². The lowest BCUT2D eigenvalue weighted by Crippen LogP contribution is -2.26. The molecule has 0 radical (unpaired) electrons. The van der Waals surface area contributed by atoms with Crippen LogP contribution < -0.4 is 5.32 Å². The van der Waals surface area contributed by atoms with Crippen molar-refractivity contribution in [2.24, 2.45) is 7.05 Å². The summed E-state index contributed by atoms with van der Waals surface area (Å²) in [6, 6.07) is 12.2. The maximum Gasteiger partial charge on any atom is 0.272 e. The molecule has 3 aromatic rings. The minimum Gasteiger partial charge on any atom is -0.352 e. The van der Waals surface area contributed by atoms with Crippen molar-refractivity contribution in [3.05, 3.63) is 69.5 Å². The standard InChI is InChI=1S/C18H18N4O3/c1-12-11-13(7-8-15(12)22(24)25)18(23)19-10-9-17-20-14-5-3-4-6-16(14)21(17)2/h3-8,11H,9-10H2,1-2H3,(H,19,23). The van der Waals surface area contributed by atoms with Crippen LogP contribution in [-0.2, 0) is 13.5 Å². The predicted molar refractivity (Wildman–Crippen MR) is 94.6 cm³/mol. The number of nitro benzene ring substituents is 1. The second kappa shape index (κ2) is 6.72. The molecule has 0 aliphatic carbocycles. The molecule has 128 valence electrons. The Morgan fingerprint density at radius 2 is 2.04 bits per heavy atom. The van der Waals surface area contributed by atoms with Gasteiger partial charge in [0.25, 0.3) is 11.6 Å². The molecule has 0 atom stereocenters. The van der Waals surface area contributed by atoms with Gasteiger partial charge in [0.15, 0.2) is 0 Å². The highest BCUT2D eigenvalue weighted by molar-refractivity contribution is 5.94. The van der Waals surface area contributed by atoms with Gasteiger partial charge in [0.2, 0.25) is 0 Å². The topological polar surface area (TPSA) is 90.1 Å². The Kier molecular flexibility index (Phi) is 4.47. The molecule has 0 spiro atoms. The molecule has 0 unspecified atom stereocenters. The van der Waals surface area contributed by atoms with Crippen molar-refractivity contribution in [2.45, 2.75) is 13.3 Å². The number of amides is 1. The molecule has 1 N–H and O–H groups in total. The van der Waals surface area contributed by atoms with Gasteiger partial charge in [0, 0.05) is 37.2 Å². The summed E-state index contributed by atoms with van der Waals surface area (Å²) in [5.41, 5.74) is 2.87. The Morgan fingerprint density at radius 3 is 2.72 bits per heavy atom. The van der Waals surface area contributed by atoms with Gasteiger partial charge < -0.3 is 9.88 Å². The number of aryl methyl sites for hydroxylation is 2. The lowest BCUT2D eigenvalue weighted by atomic mass is 10.1. The Bertz CT molecular complexity index is 962. The number of para-hydroxylation sites is 2. The van der Waals surface area contributed by atoms with Gasteiger partial charge in [-0.05, 0) is 31.2 Å². The maximum absolute atomic E-state index is 12.2. The summed E-state index contributed by atoms with van der Waals surface area (Å²) >= 11 is 0. The SMILES string of the molecule is Cc1cc(C(=O)NCCc2nc3ccccc3n2C)ccc1[N+](=O)[O-]. The van der Waals surface area contributed by atoms with Gasteiger partial charge in [-0.25, -0.2) is 4.98 Å². The van der Waals surface area contributed by atoms with Crippen molar-refractivity contribution in [3.63, 3.8) is 0 Å². The molecule has 7 heteroatoms. The van der Waals surface area contributed by atoms with Gasteiger partial charge in [-0.15, -0.1) is 0 Å². The zero-order valence-electron chi connectivity index (χ0n) is 14.0. The van der Waals surface area contributed by atoms with E-state index in [1.54, 1.807) is 6.92 Å². The molecule has 0 bridgehead atoms. The quantitative estimate of drug-likeness (QED) is 0.572. The Morgan fingerprint density at radius 1 is 1.28 bits per heavy atom. The van der Waals surface area contributed by atoms with Gasteiger partial charge in [-0.1, -0.05) is 12.1 Å². The monoisotopic (exact) mass is 338 g/mol. The van der Waals surface area contributed by atoms with Gasteiger partial charge in [-0.3, -0.25) is 14.9 Å². The van der Waals surface area contributed by atoms with E-state index in [4.69, 9.17) is 0 Å². The highest BCUT2D eigenvalue weighted by atomic mass is 16.6. The fraction of sp³-hybridized carbons (Fsp3) is 0.222. The van der Waals surface area contributed by atoms with Crippen molar-refractivity contribution in [1.29, 1.82) is 0 Å². The molecule has 0 aliphatic heterocycles. The van der Waals surface area contributed by atoms with Crippen molar-refractivity contribution in [1.82, 2.24) is 14.9 Å². The second-order valence-corrected chi connectivity index (χ2v) is 5.84. The van der Waals surface area contributed by atoms with Crippen molar-refractivity contribution >= 4 is 22.6 Å². The van der Waals surface area contributed by atoms with Crippen LogP contribution in [0.15, 0.2) is 42.5 Å². The van der Waals surface area contributed by atoms with E-state index in [0.29, 0.717) is 24.1 Å². The van der Waals surface area contributed by atoms with Crippen molar-refractivity contribution in [2.75, 3.05) is 6.54 Å². The zero-order valence-corrected chi connectivity index (χ0v) is 14.0. The summed E-state index contributed by atoms with van der Waals surface area (Å²) < 4.78 is 2.01. The van der Waals surface area contributed by atoms with Crippen LogP contribution in [0, 0.1) is 17.0 Å². The average molecular weight is 338 g/mol. The largest absolute Gasteiger partial charge is 0.352 e. The summed E-state index contributed by atoms with van der Waals surface area (Å²) in [7, 11) is 1.95. The number of hydrogen-bond acceptors (Lipinski definition) is 4. The first-order chi connectivity index (χ1) is 12.0. The number of aromatic nitrogens is 2. The third-order valence-corrected chi connectivity index (χ3v) is 4.17. The van der Waals surface area contributed by atoms with E-state index in [2.05, 4.69) is 10.3 Å². The summed E-state index contributed by atoms with van der Waals surface area (Å²) in [6.07, 6.45) is 0.600. The predicted octanol–water partition coefficient (Wildman–Crippen LogP) is 2.76. The summed E-state index contributed by atoms with van der Waals surface area (Å²) in [5.74, 6) is 0.637. The molecule has 1 amide bonds. The first-order valence-electron chi connectivity index (χ1n) is 7.91. The normalized spacial score (nSPS) is 10.8. The van der Waals surface area contributed by atoms with E-state index >= 15 is 0 Å². The molecule has 7 nitrogen and oxygen atoms in total. The van der Waals surface area contributed by atoms with E-state index in [9.17, 15) is 14.9 Å². The number of fused-ring (bicyclic) bond motifs is 1. The van der Waals surface area contributed by atoms with Gasteiger partial charge in [0.1, 0.15) is 5.82 Å². The number of nitro groups is 1. The van der Waals surface area contributed by atoms with Gasteiger partial charge in [0.05, 0.1) is 16.0 Å². The number of rotatable bonds is 5. The van der Waals surface area contributed by atoms with Gasteiger partial charge in [-0.2, -0.15) is 0 Å². The number of hydrogen-bond donors (Lipinski definition) is 1. The first-order valence-corrected chi connectivity index (χ1v) is 7.91. The van der Waals surface area contributed by atoms with Crippen LogP contribution in [0.4, 0.5) is 5.69 Å². The summed E-state index contributed by atoms with van der Waals surface area (Å²) in [6.45, 7) is 2.06. The summed E-state index contributed by atoms with van der Waals surface area (Å²) in [5, 5.41) is 13.7. The Labute approximate surface area is 144 Å². The van der Waals surface area contributed by atoms with E-state index < -0.39 is 4.92 Å². The molecule has 0 saturated carbocycles. The molecule has 25 heavy (non-hydrogen) atoms. The lowest BCUT2D eigenvalue weighted by molar-refractivity contribution is -0.385. The number of imidazole rings is 1. The molecule has 1 aromatic heterocycles. The number of benzene rings is 2. The molecule has 3 rings (SSSR count). The van der Waals surface area contributed by atoms with Crippen LogP contribution in [0.5, 0.6) is 0 Å². The third kappa shape index (κ3) is 3.35. The zero-order chi connectivity index (χ0) is 18.0. The number of nitrogens with one attached hydrogen (secondary N) is 1. The van der Waals surface area contributed by atoms with Crippen LogP contribution in [-0.4, -0.2) is 26.9 Å². The lowest BCUT2D eigenvalue weighted by Gasteiger charge is -2.06. The van der Waals surface area contributed by atoms with Crippen LogP contribution in [0.25, 0.3) is 11.0 Å². The number of carbonyl (C=O) groups is 1. The fourth-order valence-electron chi connectivity index (χ4n) is 2.81. The molecule has 0 saturated heterocycles. The van der Waals surface area contributed by atoms with Crippen LogP contribution in [0.1, 0.15) is 21.7 Å². The Balaban J connectivity index is 1.65. The smallest absolute Gasteiger partial charge is 0.272 e. The molecular formula is C18H18N4O3. The molecule has 0 aliphatic rings. The highest BCUT2D eigenvalue weighted by Gasteiger charge is 2.14. The van der Waals surface area contributed by atoms with Crippen LogP contribution in [0.2, 0.25) is 0 Å². The first kappa shape index (κ1) is 16.6.